The number of aromatic nitrogens is 2. The number of halogens is 1. The van der Waals surface area contributed by atoms with E-state index in [9.17, 15) is 0 Å². The summed E-state index contributed by atoms with van der Waals surface area (Å²) in [6, 6.07) is 8.01. The van der Waals surface area contributed by atoms with Crippen molar-refractivity contribution in [3.05, 3.63) is 46.7 Å². The van der Waals surface area contributed by atoms with E-state index in [4.69, 9.17) is 22.2 Å². The molecular formula is C15H21ClN4O. The van der Waals surface area contributed by atoms with E-state index in [0.717, 1.165) is 17.0 Å². The molecule has 0 radical (unpaired) electrons. The van der Waals surface area contributed by atoms with Crippen molar-refractivity contribution in [2.45, 2.75) is 32.4 Å². The molecule has 3 N–H and O–H groups in total. The van der Waals surface area contributed by atoms with Gasteiger partial charge in [-0.3, -0.25) is 16.0 Å². The zero-order chi connectivity index (χ0) is 15.4. The van der Waals surface area contributed by atoms with Crippen LogP contribution in [0, 0.1) is 0 Å². The molecule has 21 heavy (non-hydrogen) atoms. The Morgan fingerprint density at radius 3 is 2.81 bits per heavy atom. The molecule has 0 fully saturated rings. The van der Waals surface area contributed by atoms with Gasteiger partial charge in [0.1, 0.15) is 5.75 Å². The van der Waals surface area contributed by atoms with Gasteiger partial charge in [0.15, 0.2) is 0 Å². The summed E-state index contributed by atoms with van der Waals surface area (Å²) in [5.41, 5.74) is 4.86. The molecule has 1 aromatic carbocycles. The van der Waals surface area contributed by atoms with E-state index < -0.39 is 0 Å². The van der Waals surface area contributed by atoms with Crippen molar-refractivity contribution in [3.63, 3.8) is 0 Å². The van der Waals surface area contributed by atoms with Gasteiger partial charge in [0.2, 0.25) is 0 Å². The third-order valence-corrected chi connectivity index (χ3v) is 3.67. The van der Waals surface area contributed by atoms with Crippen molar-refractivity contribution in [2.24, 2.45) is 5.84 Å². The van der Waals surface area contributed by atoms with E-state index in [1.165, 1.54) is 0 Å². The molecule has 0 saturated carbocycles. The van der Waals surface area contributed by atoms with E-state index in [-0.39, 0.29) is 12.1 Å². The van der Waals surface area contributed by atoms with Crippen LogP contribution in [-0.2, 0) is 6.42 Å². The SMILES string of the molecule is COc1cccc(CC(NN)c2c(Cl)cnn2C(C)C)c1. The van der Waals surface area contributed by atoms with Gasteiger partial charge in [-0.05, 0) is 38.0 Å². The van der Waals surface area contributed by atoms with Crippen LogP contribution in [0.2, 0.25) is 5.02 Å². The maximum Gasteiger partial charge on any atom is 0.119 e. The van der Waals surface area contributed by atoms with Crippen molar-refractivity contribution in [1.29, 1.82) is 0 Å². The van der Waals surface area contributed by atoms with Crippen molar-refractivity contribution in [3.8, 4) is 5.75 Å². The Kier molecular flexibility index (Phi) is 5.22. The number of rotatable bonds is 6. The van der Waals surface area contributed by atoms with Crippen molar-refractivity contribution in [1.82, 2.24) is 15.2 Å². The average molecular weight is 309 g/mol. The van der Waals surface area contributed by atoms with E-state index >= 15 is 0 Å². The monoisotopic (exact) mass is 308 g/mol. The Morgan fingerprint density at radius 1 is 1.43 bits per heavy atom. The minimum absolute atomic E-state index is 0.116. The maximum absolute atomic E-state index is 6.28. The predicted molar refractivity (Wildman–Crippen MR) is 84.4 cm³/mol. The number of methoxy groups -OCH3 is 1. The van der Waals surface area contributed by atoms with Crippen LogP contribution in [0.4, 0.5) is 0 Å². The fourth-order valence-electron chi connectivity index (χ4n) is 2.36. The third kappa shape index (κ3) is 3.56. The highest BCUT2D eigenvalue weighted by Gasteiger charge is 2.21. The fraction of sp³-hybridized carbons (Fsp3) is 0.400. The normalized spacial score (nSPS) is 12.7. The van der Waals surface area contributed by atoms with Gasteiger partial charge in [-0.1, -0.05) is 23.7 Å². The molecule has 5 nitrogen and oxygen atoms in total. The summed E-state index contributed by atoms with van der Waals surface area (Å²) in [5.74, 6) is 6.56. The topological polar surface area (TPSA) is 65.1 Å². The number of hydrogen-bond donors (Lipinski definition) is 2. The molecular weight excluding hydrogens is 288 g/mol. The molecule has 2 aromatic rings. The molecule has 0 saturated heterocycles. The second-order valence-electron chi connectivity index (χ2n) is 5.19. The average Bonchev–Trinajstić information content (AvgIpc) is 2.87. The minimum atomic E-state index is -0.116. The van der Waals surface area contributed by atoms with Crippen LogP contribution in [0.3, 0.4) is 0 Å². The van der Waals surface area contributed by atoms with Gasteiger partial charge in [0.05, 0.1) is 30.1 Å². The van der Waals surface area contributed by atoms with Crippen LogP contribution in [0.5, 0.6) is 5.75 Å². The first-order valence-electron chi connectivity index (χ1n) is 6.88. The molecule has 1 heterocycles. The van der Waals surface area contributed by atoms with Crippen molar-refractivity contribution < 1.29 is 4.74 Å². The Labute approximate surface area is 130 Å². The second kappa shape index (κ2) is 6.93. The number of nitrogens with two attached hydrogens (primary N) is 1. The number of hydrogen-bond acceptors (Lipinski definition) is 4. The maximum atomic E-state index is 6.28. The van der Waals surface area contributed by atoms with Gasteiger partial charge >= 0.3 is 0 Å². The summed E-state index contributed by atoms with van der Waals surface area (Å²) in [4.78, 5) is 0. The zero-order valence-electron chi connectivity index (χ0n) is 12.5. The molecule has 114 valence electrons. The van der Waals surface area contributed by atoms with Crippen LogP contribution in [0.25, 0.3) is 0 Å². The smallest absolute Gasteiger partial charge is 0.119 e. The van der Waals surface area contributed by atoms with Gasteiger partial charge in [0.25, 0.3) is 0 Å². The van der Waals surface area contributed by atoms with Gasteiger partial charge in [-0.2, -0.15) is 5.10 Å². The van der Waals surface area contributed by atoms with E-state index in [0.29, 0.717) is 11.4 Å². The molecule has 0 bridgehead atoms. The molecule has 1 atom stereocenters. The lowest BCUT2D eigenvalue weighted by Crippen LogP contribution is -2.32. The first-order chi connectivity index (χ1) is 10.1. The van der Waals surface area contributed by atoms with E-state index in [1.807, 2.05) is 28.9 Å². The Balaban J connectivity index is 2.29. The summed E-state index contributed by atoms with van der Waals surface area (Å²) in [6.07, 6.45) is 2.36. The third-order valence-electron chi connectivity index (χ3n) is 3.38. The first-order valence-corrected chi connectivity index (χ1v) is 7.26. The molecule has 1 aromatic heterocycles. The van der Waals surface area contributed by atoms with E-state index in [1.54, 1.807) is 13.3 Å². The quantitative estimate of drug-likeness (QED) is 0.636. The molecule has 0 aliphatic heterocycles. The summed E-state index contributed by atoms with van der Waals surface area (Å²) >= 11 is 6.28. The molecule has 0 aliphatic rings. The molecule has 0 spiro atoms. The van der Waals surface area contributed by atoms with Crippen LogP contribution in [0.1, 0.15) is 37.2 Å². The largest absolute Gasteiger partial charge is 0.497 e. The number of hydrazine groups is 1. The lowest BCUT2D eigenvalue weighted by Gasteiger charge is -2.20. The number of nitrogens with zero attached hydrogens (tertiary/aromatic N) is 2. The highest BCUT2D eigenvalue weighted by Crippen LogP contribution is 2.28. The second-order valence-corrected chi connectivity index (χ2v) is 5.60. The molecule has 1 unspecified atom stereocenters. The predicted octanol–water partition coefficient (Wildman–Crippen LogP) is 2.87. The highest BCUT2D eigenvalue weighted by atomic mass is 35.5. The standard InChI is InChI=1S/C15H21ClN4O/c1-10(2)20-15(13(16)9-18-20)14(19-17)8-11-5-4-6-12(7-11)21-3/h4-7,9-10,14,19H,8,17H2,1-3H3. The van der Waals surface area contributed by atoms with Gasteiger partial charge in [-0.15, -0.1) is 0 Å². The summed E-state index contributed by atoms with van der Waals surface area (Å²) in [5, 5.41) is 4.94. The molecule has 2 rings (SSSR count). The van der Waals surface area contributed by atoms with Gasteiger partial charge < -0.3 is 4.74 Å². The summed E-state index contributed by atoms with van der Waals surface area (Å²) < 4.78 is 7.15. The van der Waals surface area contributed by atoms with Crippen LogP contribution >= 0.6 is 11.6 Å². The van der Waals surface area contributed by atoms with Crippen molar-refractivity contribution >= 4 is 11.6 Å². The zero-order valence-corrected chi connectivity index (χ0v) is 13.3. The van der Waals surface area contributed by atoms with Crippen LogP contribution in [0.15, 0.2) is 30.5 Å². The number of benzene rings is 1. The fourth-order valence-corrected chi connectivity index (χ4v) is 2.62. The van der Waals surface area contributed by atoms with E-state index in [2.05, 4.69) is 24.4 Å². The Bertz CT molecular complexity index is 597. The summed E-state index contributed by atoms with van der Waals surface area (Å²) in [7, 11) is 1.66. The van der Waals surface area contributed by atoms with Gasteiger partial charge in [-0.25, -0.2) is 0 Å². The Morgan fingerprint density at radius 2 is 2.19 bits per heavy atom. The molecule has 6 heteroatoms. The van der Waals surface area contributed by atoms with Crippen LogP contribution < -0.4 is 16.0 Å². The Hall–Kier alpha value is -1.56. The minimum Gasteiger partial charge on any atom is -0.497 e. The number of nitrogens with one attached hydrogen (secondary N) is 1. The lowest BCUT2D eigenvalue weighted by atomic mass is 10.0. The van der Waals surface area contributed by atoms with Crippen LogP contribution in [-0.4, -0.2) is 16.9 Å². The first kappa shape index (κ1) is 15.8. The lowest BCUT2D eigenvalue weighted by molar-refractivity contribution is 0.413. The van der Waals surface area contributed by atoms with Crippen molar-refractivity contribution in [2.75, 3.05) is 7.11 Å². The molecule has 0 amide bonds. The van der Waals surface area contributed by atoms with Gasteiger partial charge in [0, 0.05) is 6.04 Å². The molecule has 0 aliphatic carbocycles. The summed E-state index contributed by atoms with van der Waals surface area (Å²) in [6.45, 7) is 4.12. The number of ether oxygens (including phenoxy) is 1. The highest BCUT2D eigenvalue weighted by molar-refractivity contribution is 6.31.